The fourth-order valence-electron chi connectivity index (χ4n) is 1.54. The van der Waals surface area contributed by atoms with E-state index in [1.54, 1.807) is 0 Å². The fourth-order valence-corrected chi connectivity index (χ4v) is 1.54. The van der Waals surface area contributed by atoms with Crippen molar-refractivity contribution in [3.8, 4) is 0 Å². The molecule has 2 unspecified atom stereocenters. The zero-order chi connectivity index (χ0) is 11.4. The first-order valence-corrected chi connectivity index (χ1v) is 5.67. The third-order valence-corrected chi connectivity index (χ3v) is 3.14. The zero-order valence-electron chi connectivity index (χ0n) is 10.2. The normalized spacial score (nSPS) is 14.7. The van der Waals surface area contributed by atoms with Crippen LogP contribution in [0.1, 0.15) is 32.8 Å². The molecular weight excluding hydrogens is 184 g/mol. The lowest BCUT2D eigenvalue weighted by atomic mass is 10.00. The van der Waals surface area contributed by atoms with E-state index in [9.17, 15) is 0 Å². The van der Waals surface area contributed by atoms with Crippen molar-refractivity contribution in [3.63, 3.8) is 0 Å². The number of aryl methyl sites for hydroxylation is 1. The van der Waals surface area contributed by atoms with Crippen LogP contribution in [-0.4, -0.2) is 6.04 Å². The summed E-state index contributed by atoms with van der Waals surface area (Å²) in [6.07, 6.45) is 1.19. The number of benzene rings is 1. The molecule has 1 aromatic rings. The molecule has 84 valence electrons. The van der Waals surface area contributed by atoms with E-state index >= 15 is 0 Å². The molecular formula is C13H22N2. The number of hydrogen-bond acceptors (Lipinski definition) is 2. The predicted molar refractivity (Wildman–Crippen MR) is 68.1 cm³/mol. The number of hydrogen-bond donors (Lipinski definition) is 2. The van der Waals surface area contributed by atoms with E-state index in [1.165, 1.54) is 12.0 Å². The number of nitrogen functional groups attached to an aromatic ring is 1. The van der Waals surface area contributed by atoms with Crippen molar-refractivity contribution < 1.29 is 0 Å². The lowest BCUT2D eigenvalue weighted by molar-refractivity contribution is 0.494. The highest BCUT2D eigenvalue weighted by molar-refractivity contribution is 5.59. The summed E-state index contributed by atoms with van der Waals surface area (Å²) < 4.78 is 0. The van der Waals surface area contributed by atoms with Crippen molar-refractivity contribution in [1.29, 1.82) is 0 Å². The Kier molecular flexibility index (Phi) is 4.01. The van der Waals surface area contributed by atoms with Crippen molar-refractivity contribution in [2.75, 3.05) is 11.1 Å². The summed E-state index contributed by atoms with van der Waals surface area (Å²) in [7, 11) is 0. The van der Waals surface area contributed by atoms with Crippen LogP contribution in [0.2, 0.25) is 0 Å². The van der Waals surface area contributed by atoms with Gasteiger partial charge >= 0.3 is 0 Å². The molecule has 3 N–H and O–H groups in total. The molecule has 0 saturated carbocycles. The van der Waals surface area contributed by atoms with Crippen LogP contribution in [0.3, 0.4) is 0 Å². The minimum atomic E-state index is 0.482. The van der Waals surface area contributed by atoms with Gasteiger partial charge in [-0.3, -0.25) is 0 Å². The van der Waals surface area contributed by atoms with Crippen LogP contribution < -0.4 is 11.1 Å². The van der Waals surface area contributed by atoms with Gasteiger partial charge in [0.1, 0.15) is 0 Å². The fraction of sp³-hybridized carbons (Fsp3) is 0.538. The number of anilines is 2. The van der Waals surface area contributed by atoms with E-state index in [0.29, 0.717) is 12.0 Å². The summed E-state index contributed by atoms with van der Waals surface area (Å²) in [5, 5.41) is 3.52. The molecule has 0 aromatic heterocycles. The van der Waals surface area contributed by atoms with Gasteiger partial charge in [0, 0.05) is 17.4 Å². The van der Waals surface area contributed by atoms with Crippen molar-refractivity contribution >= 4 is 11.4 Å². The second-order valence-electron chi connectivity index (χ2n) is 4.39. The van der Waals surface area contributed by atoms with E-state index in [1.807, 2.05) is 12.1 Å². The van der Waals surface area contributed by atoms with Gasteiger partial charge < -0.3 is 11.1 Å². The minimum absolute atomic E-state index is 0.482. The van der Waals surface area contributed by atoms with Crippen LogP contribution in [0.25, 0.3) is 0 Å². The third kappa shape index (κ3) is 3.15. The van der Waals surface area contributed by atoms with Gasteiger partial charge in [0.2, 0.25) is 0 Å². The van der Waals surface area contributed by atoms with E-state index in [0.717, 1.165) is 11.4 Å². The summed E-state index contributed by atoms with van der Waals surface area (Å²) in [6.45, 7) is 8.80. The van der Waals surface area contributed by atoms with E-state index in [4.69, 9.17) is 5.73 Å². The molecule has 0 aliphatic carbocycles. The molecule has 0 saturated heterocycles. The van der Waals surface area contributed by atoms with Crippen LogP contribution >= 0.6 is 0 Å². The highest BCUT2D eigenvalue weighted by atomic mass is 14.9. The van der Waals surface area contributed by atoms with Crippen LogP contribution in [0.15, 0.2) is 18.2 Å². The second-order valence-corrected chi connectivity index (χ2v) is 4.39. The molecule has 2 atom stereocenters. The quantitative estimate of drug-likeness (QED) is 0.741. The molecule has 0 heterocycles. The van der Waals surface area contributed by atoms with Gasteiger partial charge in [0.25, 0.3) is 0 Å². The lowest BCUT2D eigenvalue weighted by Gasteiger charge is -2.22. The van der Waals surface area contributed by atoms with Gasteiger partial charge in [-0.2, -0.15) is 0 Å². The molecule has 0 aliphatic rings. The van der Waals surface area contributed by atoms with Crippen molar-refractivity contribution in [3.05, 3.63) is 23.8 Å². The number of nitrogens with one attached hydrogen (secondary N) is 1. The van der Waals surface area contributed by atoms with Gasteiger partial charge in [-0.1, -0.05) is 26.3 Å². The maximum absolute atomic E-state index is 5.77. The summed E-state index contributed by atoms with van der Waals surface area (Å²) >= 11 is 0. The van der Waals surface area contributed by atoms with E-state index in [2.05, 4.69) is 39.1 Å². The Morgan fingerprint density at radius 3 is 2.60 bits per heavy atom. The smallest absolute Gasteiger partial charge is 0.0392 e. The Morgan fingerprint density at radius 2 is 2.00 bits per heavy atom. The molecule has 0 bridgehead atoms. The van der Waals surface area contributed by atoms with Crippen LogP contribution in [0.5, 0.6) is 0 Å². The molecule has 2 heteroatoms. The van der Waals surface area contributed by atoms with Gasteiger partial charge in [-0.15, -0.1) is 0 Å². The van der Waals surface area contributed by atoms with E-state index < -0.39 is 0 Å². The maximum atomic E-state index is 5.77. The van der Waals surface area contributed by atoms with Crippen LogP contribution in [0.4, 0.5) is 11.4 Å². The summed E-state index contributed by atoms with van der Waals surface area (Å²) in [5.74, 6) is 0.672. The third-order valence-electron chi connectivity index (χ3n) is 3.14. The first-order valence-electron chi connectivity index (χ1n) is 5.67. The average molecular weight is 206 g/mol. The molecule has 0 spiro atoms. The SMILES string of the molecule is CCC(C)C(C)Nc1cc(N)ccc1C. The Balaban J connectivity index is 2.75. The Bertz CT molecular complexity index is 320. The van der Waals surface area contributed by atoms with E-state index in [-0.39, 0.29) is 0 Å². The summed E-state index contributed by atoms with van der Waals surface area (Å²) in [6, 6.07) is 6.49. The van der Waals surface area contributed by atoms with Gasteiger partial charge in [0.15, 0.2) is 0 Å². The van der Waals surface area contributed by atoms with Crippen molar-refractivity contribution in [1.82, 2.24) is 0 Å². The predicted octanol–water partition coefficient (Wildman–Crippen LogP) is 3.42. The zero-order valence-corrected chi connectivity index (χ0v) is 10.2. The molecule has 15 heavy (non-hydrogen) atoms. The number of nitrogens with two attached hydrogens (primary N) is 1. The molecule has 0 aliphatic heterocycles. The number of rotatable bonds is 4. The largest absolute Gasteiger partial charge is 0.399 e. The minimum Gasteiger partial charge on any atom is -0.399 e. The second kappa shape index (κ2) is 5.06. The van der Waals surface area contributed by atoms with Gasteiger partial charge in [-0.05, 0) is 37.5 Å². The first kappa shape index (κ1) is 11.9. The summed E-state index contributed by atoms with van der Waals surface area (Å²) in [5.41, 5.74) is 9.00. The lowest BCUT2D eigenvalue weighted by Crippen LogP contribution is -2.23. The topological polar surface area (TPSA) is 38.0 Å². The van der Waals surface area contributed by atoms with Crippen LogP contribution in [0, 0.1) is 12.8 Å². The van der Waals surface area contributed by atoms with Gasteiger partial charge in [-0.25, -0.2) is 0 Å². The molecule has 2 nitrogen and oxygen atoms in total. The molecule has 0 radical (unpaired) electrons. The van der Waals surface area contributed by atoms with Gasteiger partial charge in [0.05, 0.1) is 0 Å². The summed E-state index contributed by atoms with van der Waals surface area (Å²) in [4.78, 5) is 0. The average Bonchev–Trinajstić information content (AvgIpc) is 2.22. The maximum Gasteiger partial charge on any atom is 0.0392 e. The highest BCUT2D eigenvalue weighted by Gasteiger charge is 2.10. The Hall–Kier alpha value is -1.18. The van der Waals surface area contributed by atoms with Crippen molar-refractivity contribution in [2.45, 2.75) is 40.2 Å². The van der Waals surface area contributed by atoms with Crippen LogP contribution in [-0.2, 0) is 0 Å². The molecule has 1 rings (SSSR count). The van der Waals surface area contributed by atoms with Crippen molar-refractivity contribution in [2.24, 2.45) is 5.92 Å². The molecule has 0 fully saturated rings. The highest BCUT2D eigenvalue weighted by Crippen LogP contribution is 2.21. The Morgan fingerprint density at radius 1 is 1.33 bits per heavy atom. The monoisotopic (exact) mass is 206 g/mol. The molecule has 1 aromatic carbocycles. The first-order chi connectivity index (χ1) is 7.04. The Labute approximate surface area is 92.9 Å². The molecule has 0 amide bonds. The standard InChI is InChI=1S/C13H22N2/c1-5-9(2)11(4)15-13-8-12(14)7-6-10(13)3/h6-9,11,15H,5,14H2,1-4H3.